The Kier molecular flexibility index (Phi) is 22.9. The quantitative estimate of drug-likeness (QED) is 0.0847. The fourth-order valence-electron chi connectivity index (χ4n) is 22.8. The van der Waals surface area contributed by atoms with Crippen molar-refractivity contribution in [3.05, 3.63) is 576 Å². The second kappa shape index (κ2) is 38.6. The number of benzene rings is 26. The number of para-hydroxylation sites is 6. The van der Waals surface area contributed by atoms with Gasteiger partial charge < -0.3 is 28.0 Å². The average Bonchev–Trinajstić information content (AvgIpc) is 1.67. The molecule has 0 aliphatic heterocycles. The molecule has 0 radical (unpaired) electrons. The number of hydrogen-bond acceptors (Lipinski definition) is 6. The second-order valence-electron chi connectivity index (χ2n) is 38.3. The Labute approximate surface area is 868 Å². The summed E-state index contributed by atoms with van der Waals surface area (Å²) in [6.07, 6.45) is 0. The van der Waals surface area contributed by atoms with E-state index in [9.17, 15) is 0 Å². The predicted molar refractivity (Wildman–Crippen MR) is 634 cm³/mol. The zero-order valence-electron chi connectivity index (χ0n) is 81.9. The monoisotopic (exact) mass is 1910 g/mol. The first kappa shape index (κ1) is 89.0. The van der Waals surface area contributed by atoms with Crippen LogP contribution in [-0.2, 0) is 0 Å². The number of hydrogen-bond donors (Lipinski definition) is 0. The maximum atomic E-state index is 6.15. The average molecular weight is 1920 g/mol. The van der Waals surface area contributed by atoms with E-state index >= 15 is 0 Å². The molecule has 0 spiro atoms. The maximum absolute atomic E-state index is 6.15. The van der Waals surface area contributed by atoms with E-state index in [0.29, 0.717) is 0 Å². The summed E-state index contributed by atoms with van der Waals surface area (Å²) in [7, 11) is 0. The van der Waals surface area contributed by atoms with E-state index in [1.165, 1.54) is 137 Å². The first-order chi connectivity index (χ1) is 74.4. The molecule has 0 unspecified atom stereocenters. The molecule has 0 bridgehead atoms. The van der Waals surface area contributed by atoms with E-state index in [4.69, 9.17) is 13.3 Å². The highest BCUT2D eigenvalue weighted by Gasteiger charge is 2.26. The lowest BCUT2D eigenvalue weighted by Crippen LogP contribution is -2.09. The van der Waals surface area contributed by atoms with E-state index in [-0.39, 0.29) is 0 Å². The van der Waals surface area contributed by atoms with Gasteiger partial charge in [0.1, 0.15) is 33.5 Å². The van der Waals surface area contributed by atoms with Crippen molar-refractivity contribution < 1.29 is 13.3 Å². The third-order valence-corrected chi connectivity index (χ3v) is 29.5. The molecule has 6 heteroatoms. The summed E-state index contributed by atoms with van der Waals surface area (Å²) in [5.74, 6) is 0. The summed E-state index contributed by atoms with van der Waals surface area (Å²) in [6, 6.07) is 206. The SMILES string of the molecule is c1ccc(-c2c3ccccc3c(-c3ccc(N(c4ccccc4)c4ccc(-c5ccc6oc7ccccc7c6c5)cc4)cc3)c3ccccc23)cc1.c1ccc(-c2c3ccccc3c(-c3ccc(N(c4ccccc4)c4ccc5oc6ccccc6c5c4)cc3)c3ccccc23)cc1.c1ccc(-c2c3ccccc3c(-c3ccc(N(c4ccccc4)c4cccc(-c5ccc6oc7ccccc7c6c5)c4)cc3)c3ccccc23)cc1. The van der Waals surface area contributed by atoms with Gasteiger partial charge in [0.2, 0.25) is 0 Å². The van der Waals surface area contributed by atoms with E-state index in [2.05, 4.69) is 555 Å². The van der Waals surface area contributed by atoms with Gasteiger partial charge in [0.25, 0.3) is 0 Å². The van der Waals surface area contributed by atoms with Gasteiger partial charge in [-0.2, -0.15) is 0 Å². The van der Waals surface area contributed by atoms with E-state index in [1.54, 1.807) is 0 Å². The molecule has 0 N–H and O–H groups in total. The van der Waals surface area contributed by atoms with Crippen molar-refractivity contribution >= 4 is 182 Å². The highest BCUT2D eigenvalue weighted by molar-refractivity contribution is 6.25. The number of furan rings is 3. The summed E-state index contributed by atoms with van der Waals surface area (Å²) >= 11 is 0. The molecule has 0 aliphatic carbocycles. The molecular formula is C144H95N3O3. The predicted octanol–water partition coefficient (Wildman–Crippen LogP) is 41.4. The Morgan fingerprint density at radius 1 is 0.0933 bits per heavy atom. The van der Waals surface area contributed by atoms with Crippen LogP contribution in [0.4, 0.5) is 51.2 Å². The van der Waals surface area contributed by atoms with Crippen LogP contribution in [0.2, 0.25) is 0 Å². The lowest BCUT2D eigenvalue weighted by molar-refractivity contribution is 0.668. The Bertz CT molecular complexity index is 9940. The zero-order chi connectivity index (χ0) is 99.3. The molecule has 0 fully saturated rings. The largest absolute Gasteiger partial charge is 0.456 e. The molecule has 0 saturated heterocycles. The van der Waals surface area contributed by atoms with Crippen LogP contribution >= 0.6 is 0 Å². The molecule has 0 saturated carbocycles. The normalized spacial score (nSPS) is 11.5. The Morgan fingerprint density at radius 3 is 0.547 bits per heavy atom. The van der Waals surface area contributed by atoms with Crippen molar-refractivity contribution in [2.45, 2.75) is 0 Å². The fraction of sp³-hybridized carbons (Fsp3) is 0. The minimum atomic E-state index is 0.894. The van der Waals surface area contributed by atoms with Gasteiger partial charge in [-0.25, -0.2) is 0 Å². The van der Waals surface area contributed by atoms with Crippen LogP contribution in [-0.4, -0.2) is 0 Å². The van der Waals surface area contributed by atoms with Crippen molar-refractivity contribution in [3.8, 4) is 89.0 Å². The summed E-state index contributed by atoms with van der Waals surface area (Å²) in [6.45, 7) is 0. The molecule has 0 amide bonds. The minimum absolute atomic E-state index is 0.894. The highest BCUT2D eigenvalue weighted by Crippen LogP contribution is 2.52. The van der Waals surface area contributed by atoms with E-state index < -0.39 is 0 Å². The van der Waals surface area contributed by atoms with Gasteiger partial charge in [0.05, 0.1) is 0 Å². The van der Waals surface area contributed by atoms with Crippen LogP contribution in [0.3, 0.4) is 0 Å². The molecule has 0 atom stereocenters. The number of rotatable bonds is 17. The third kappa shape index (κ3) is 16.3. The molecule has 26 aromatic carbocycles. The van der Waals surface area contributed by atoms with Crippen molar-refractivity contribution in [2.75, 3.05) is 14.7 Å². The molecule has 29 aromatic rings. The molecule has 3 aromatic heterocycles. The maximum Gasteiger partial charge on any atom is 0.135 e. The molecule has 704 valence electrons. The van der Waals surface area contributed by atoms with Crippen molar-refractivity contribution in [1.29, 1.82) is 0 Å². The molecule has 29 rings (SSSR count). The van der Waals surface area contributed by atoms with Crippen LogP contribution in [0.25, 0.3) is 219 Å². The molecule has 6 nitrogen and oxygen atoms in total. The topological polar surface area (TPSA) is 49.1 Å². The van der Waals surface area contributed by atoms with Crippen molar-refractivity contribution in [1.82, 2.24) is 0 Å². The Hall–Kier alpha value is -19.9. The summed E-state index contributed by atoms with van der Waals surface area (Å²) < 4.78 is 18.4. The van der Waals surface area contributed by atoms with Crippen LogP contribution < -0.4 is 14.7 Å². The van der Waals surface area contributed by atoms with Crippen LogP contribution in [0.1, 0.15) is 0 Å². The minimum Gasteiger partial charge on any atom is -0.456 e. The van der Waals surface area contributed by atoms with Gasteiger partial charge >= 0.3 is 0 Å². The number of anilines is 9. The lowest BCUT2D eigenvalue weighted by Gasteiger charge is -2.26. The van der Waals surface area contributed by atoms with Crippen LogP contribution in [0.5, 0.6) is 0 Å². The van der Waals surface area contributed by atoms with E-state index in [0.717, 1.165) is 134 Å². The number of fused-ring (bicyclic) bond motifs is 15. The highest BCUT2D eigenvalue weighted by atomic mass is 16.3. The standard InChI is InChI=1S/2C50H33NO.C44H29NO/c1-3-14-34(15-4-1)49-42-21-7-9-23-44(42)50(45-24-10-8-22-43(45)49)35-26-29-39(30-27-35)51(38-17-5-2-6-18-38)40-19-13-16-36(32-40)37-28-31-48-46(33-37)41-20-11-12-25-47(41)52-48;1-3-13-35(14-4-1)49-42-18-7-9-20-44(42)50(45-21-10-8-19-43(45)49)36-25-30-40(31-26-36)51(38-15-5-2-6-16-38)39-28-23-34(24-29-39)37-27-32-48-46(33-37)41-17-11-12-22-47(41)52-48;1-3-13-30(14-4-1)43-36-18-7-9-20-38(36)44(39-21-10-8-19-37(39)43)31-23-25-33(26-24-31)45(32-15-5-2-6-16-32)34-27-28-42-40(29-34)35-17-11-12-22-41(35)46-42/h2*1-33H;1-29H. The summed E-state index contributed by atoms with van der Waals surface area (Å²) in [5, 5.41) is 21.9. The zero-order valence-corrected chi connectivity index (χ0v) is 81.9. The van der Waals surface area contributed by atoms with Crippen LogP contribution in [0, 0.1) is 0 Å². The first-order valence-electron chi connectivity index (χ1n) is 51.2. The Morgan fingerprint density at radius 2 is 0.260 bits per heavy atom. The summed E-state index contributed by atoms with van der Waals surface area (Å²) in [4.78, 5) is 6.99. The Balaban J connectivity index is 0.000000111. The fourth-order valence-corrected chi connectivity index (χ4v) is 22.8. The van der Waals surface area contributed by atoms with Gasteiger partial charge in [0.15, 0.2) is 0 Å². The molecular weight excluding hydrogens is 1820 g/mol. The third-order valence-electron chi connectivity index (χ3n) is 29.5. The molecule has 0 aliphatic rings. The van der Waals surface area contributed by atoms with E-state index in [1.807, 2.05) is 36.4 Å². The van der Waals surface area contributed by atoms with Gasteiger partial charge in [0, 0.05) is 83.5 Å². The van der Waals surface area contributed by atoms with Gasteiger partial charge in [-0.15, -0.1) is 0 Å². The van der Waals surface area contributed by atoms with Gasteiger partial charge in [-0.05, 0) is 311 Å². The molecule has 3 heterocycles. The van der Waals surface area contributed by atoms with Crippen molar-refractivity contribution in [2.24, 2.45) is 0 Å². The smallest absolute Gasteiger partial charge is 0.135 e. The number of nitrogens with zero attached hydrogens (tertiary/aromatic N) is 3. The van der Waals surface area contributed by atoms with Gasteiger partial charge in [-0.1, -0.05) is 419 Å². The lowest BCUT2D eigenvalue weighted by atomic mass is 9.86. The van der Waals surface area contributed by atoms with Crippen molar-refractivity contribution in [3.63, 3.8) is 0 Å². The molecule has 150 heavy (non-hydrogen) atoms. The summed E-state index contributed by atoms with van der Waals surface area (Å²) in [5.41, 5.74) is 34.9. The van der Waals surface area contributed by atoms with Crippen LogP contribution in [0.15, 0.2) is 590 Å². The van der Waals surface area contributed by atoms with Gasteiger partial charge in [-0.3, -0.25) is 0 Å². The first-order valence-corrected chi connectivity index (χ1v) is 51.2. The second-order valence-corrected chi connectivity index (χ2v) is 38.3.